The zero-order chi connectivity index (χ0) is 13.4. The molecule has 4 nitrogen and oxygen atoms in total. The highest BCUT2D eigenvalue weighted by Gasteiger charge is 2.07. The molecule has 98 valence electrons. The predicted molar refractivity (Wildman–Crippen MR) is 74.8 cm³/mol. The van der Waals surface area contributed by atoms with Gasteiger partial charge in [0, 0.05) is 12.6 Å². The van der Waals surface area contributed by atoms with Gasteiger partial charge in [0.2, 0.25) is 0 Å². The molecule has 0 bridgehead atoms. The van der Waals surface area contributed by atoms with E-state index in [1.54, 1.807) is 7.05 Å². The van der Waals surface area contributed by atoms with Crippen molar-refractivity contribution in [3.8, 4) is 5.75 Å². The van der Waals surface area contributed by atoms with E-state index in [0.29, 0.717) is 0 Å². The number of nitrogens with zero attached hydrogens (tertiary/aromatic N) is 2. The standard InChI is InChI=1S/C14H20N2O2/c1-5-10-18-13-8-6-12(7-9-13)14(15-3)11(2)16-17-4/h6-9H,5,10H2,1-4H3/b15-14?,16-11+. The molecule has 0 atom stereocenters. The minimum absolute atomic E-state index is 0.734. The summed E-state index contributed by atoms with van der Waals surface area (Å²) >= 11 is 0. The van der Waals surface area contributed by atoms with Gasteiger partial charge >= 0.3 is 0 Å². The second-order valence-corrected chi connectivity index (χ2v) is 3.80. The molecule has 0 radical (unpaired) electrons. The van der Waals surface area contributed by atoms with Crippen molar-refractivity contribution in [2.45, 2.75) is 20.3 Å². The van der Waals surface area contributed by atoms with Crippen molar-refractivity contribution in [3.63, 3.8) is 0 Å². The van der Waals surface area contributed by atoms with Crippen LogP contribution in [-0.4, -0.2) is 32.2 Å². The van der Waals surface area contributed by atoms with Gasteiger partial charge in [0.15, 0.2) is 0 Å². The monoisotopic (exact) mass is 248 g/mol. The molecule has 0 saturated heterocycles. The van der Waals surface area contributed by atoms with E-state index in [1.807, 2.05) is 31.2 Å². The SMILES string of the molecule is CCCOc1ccc(C(=NC)/C(C)=N/OC)cc1. The van der Waals surface area contributed by atoms with Gasteiger partial charge in [-0.15, -0.1) is 0 Å². The fourth-order valence-electron chi connectivity index (χ4n) is 1.61. The molecule has 0 aromatic heterocycles. The van der Waals surface area contributed by atoms with E-state index in [4.69, 9.17) is 9.57 Å². The van der Waals surface area contributed by atoms with Crippen molar-refractivity contribution < 1.29 is 9.57 Å². The van der Waals surface area contributed by atoms with Crippen LogP contribution in [0.4, 0.5) is 0 Å². The van der Waals surface area contributed by atoms with Crippen LogP contribution in [0.15, 0.2) is 34.4 Å². The number of aliphatic imine (C=N–C) groups is 1. The average molecular weight is 248 g/mol. The average Bonchev–Trinajstić information content (AvgIpc) is 2.39. The Morgan fingerprint density at radius 3 is 2.39 bits per heavy atom. The molecular weight excluding hydrogens is 228 g/mol. The summed E-state index contributed by atoms with van der Waals surface area (Å²) in [5.74, 6) is 0.873. The summed E-state index contributed by atoms with van der Waals surface area (Å²) in [5.41, 5.74) is 2.57. The molecule has 1 aromatic carbocycles. The first-order valence-electron chi connectivity index (χ1n) is 6.01. The first-order chi connectivity index (χ1) is 8.72. The summed E-state index contributed by atoms with van der Waals surface area (Å²) in [7, 11) is 3.27. The molecule has 0 spiro atoms. The van der Waals surface area contributed by atoms with E-state index in [1.165, 1.54) is 7.11 Å². The predicted octanol–water partition coefficient (Wildman–Crippen LogP) is 2.92. The Morgan fingerprint density at radius 1 is 1.22 bits per heavy atom. The van der Waals surface area contributed by atoms with Gasteiger partial charge in [-0.1, -0.05) is 12.1 Å². The van der Waals surface area contributed by atoms with Crippen molar-refractivity contribution >= 4 is 11.4 Å². The fraction of sp³-hybridized carbons (Fsp3) is 0.429. The van der Waals surface area contributed by atoms with Crippen LogP contribution in [0, 0.1) is 0 Å². The maximum atomic E-state index is 5.54. The van der Waals surface area contributed by atoms with Crippen LogP contribution < -0.4 is 4.74 Å². The molecule has 0 amide bonds. The third-order valence-electron chi connectivity index (χ3n) is 2.40. The maximum absolute atomic E-state index is 5.54. The molecule has 1 aromatic rings. The van der Waals surface area contributed by atoms with E-state index in [2.05, 4.69) is 17.1 Å². The van der Waals surface area contributed by atoms with E-state index >= 15 is 0 Å². The molecule has 0 N–H and O–H groups in total. The number of hydrogen-bond donors (Lipinski definition) is 0. The Morgan fingerprint density at radius 2 is 1.89 bits per heavy atom. The Kier molecular flexibility index (Phi) is 5.91. The van der Waals surface area contributed by atoms with E-state index in [-0.39, 0.29) is 0 Å². The molecule has 0 saturated carbocycles. The largest absolute Gasteiger partial charge is 0.494 e. The van der Waals surface area contributed by atoms with E-state index in [9.17, 15) is 0 Å². The lowest BCUT2D eigenvalue weighted by Gasteiger charge is -2.07. The summed E-state index contributed by atoms with van der Waals surface area (Å²) < 4.78 is 5.54. The fourth-order valence-corrected chi connectivity index (χ4v) is 1.61. The smallest absolute Gasteiger partial charge is 0.119 e. The van der Waals surface area contributed by atoms with Crippen LogP contribution in [0.5, 0.6) is 5.75 Å². The molecular formula is C14H20N2O2. The Labute approximate surface area is 108 Å². The van der Waals surface area contributed by atoms with Gasteiger partial charge < -0.3 is 9.57 Å². The second kappa shape index (κ2) is 7.48. The molecule has 1 rings (SSSR count). The quantitative estimate of drug-likeness (QED) is 0.574. The number of ether oxygens (including phenoxy) is 1. The zero-order valence-corrected chi connectivity index (χ0v) is 11.4. The van der Waals surface area contributed by atoms with Crippen LogP contribution in [0.3, 0.4) is 0 Å². The van der Waals surface area contributed by atoms with Gasteiger partial charge in [-0.3, -0.25) is 4.99 Å². The summed E-state index contributed by atoms with van der Waals surface area (Å²) in [6.07, 6.45) is 1.00. The third-order valence-corrected chi connectivity index (χ3v) is 2.40. The molecule has 0 unspecified atom stereocenters. The van der Waals surface area contributed by atoms with Crippen LogP contribution in [0.2, 0.25) is 0 Å². The van der Waals surface area contributed by atoms with Gasteiger partial charge in [0.25, 0.3) is 0 Å². The van der Waals surface area contributed by atoms with Crippen LogP contribution in [0.1, 0.15) is 25.8 Å². The molecule has 0 aliphatic heterocycles. The maximum Gasteiger partial charge on any atom is 0.119 e. The molecule has 0 aliphatic rings. The topological polar surface area (TPSA) is 43.2 Å². The van der Waals surface area contributed by atoms with Gasteiger partial charge in [-0.05, 0) is 37.6 Å². The van der Waals surface area contributed by atoms with Gasteiger partial charge in [0.05, 0.1) is 12.3 Å². The lowest BCUT2D eigenvalue weighted by molar-refractivity contribution is 0.214. The number of rotatable bonds is 6. The Bertz CT molecular complexity index is 422. The van der Waals surface area contributed by atoms with Crippen LogP contribution in [0.25, 0.3) is 0 Å². The number of hydrogen-bond acceptors (Lipinski definition) is 4. The third kappa shape index (κ3) is 3.87. The highest BCUT2D eigenvalue weighted by Crippen LogP contribution is 2.13. The van der Waals surface area contributed by atoms with E-state index in [0.717, 1.165) is 35.8 Å². The molecule has 18 heavy (non-hydrogen) atoms. The van der Waals surface area contributed by atoms with Crippen LogP contribution >= 0.6 is 0 Å². The van der Waals surface area contributed by atoms with Crippen LogP contribution in [-0.2, 0) is 4.84 Å². The van der Waals surface area contributed by atoms with Gasteiger partial charge in [0.1, 0.15) is 18.6 Å². The molecule has 0 aliphatic carbocycles. The van der Waals surface area contributed by atoms with Crippen molar-refractivity contribution in [1.29, 1.82) is 0 Å². The summed E-state index contributed by atoms with van der Waals surface area (Å²) in [6.45, 7) is 4.69. The summed E-state index contributed by atoms with van der Waals surface area (Å²) in [6, 6.07) is 7.83. The Hall–Kier alpha value is -1.84. The lowest BCUT2D eigenvalue weighted by atomic mass is 10.1. The summed E-state index contributed by atoms with van der Waals surface area (Å²) in [4.78, 5) is 9.00. The van der Waals surface area contributed by atoms with E-state index < -0.39 is 0 Å². The normalized spacial score (nSPS) is 12.4. The molecule has 4 heteroatoms. The minimum atomic E-state index is 0.734. The first-order valence-corrected chi connectivity index (χ1v) is 6.01. The summed E-state index contributed by atoms with van der Waals surface area (Å²) in [5, 5.41) is 3.90. The lowest BCUT2D eigenvalue weighted by Crippen LogP contribution is -2.12. The minimum Gasteiger partial charge on any atom is -0.494 e. The van der Waals surface area contributed by atoms with Gasteiger partial charge in [-0.2, -0.15) is 0 Å². The highest BCUT2D eigenvalue weighted by molar-refractivity contribution is 6.47. The first kappa shape index (κ1) is 14.2. The number of benzene rings is 1. The van der Waals surface area contributed by atoms with Crippen molar-refractivity contribution in [3.05, 3.63) is 29.8 Å². The van der Waals surface area contributed by atoms with Crippen molar-refractivity contribution in [2.24, 2.45) is 10.1 Å². The number of oxime groups is 1. The van der Waals surface area contributed by atoms with Crippen molar-refractivity contribution in [1.82, 2.24) is 0 Å². The van der Waals surface area contributed by atoms with Gasteiger partial charge in [-0.25, -0.2) is 0 Å². The molecule has 0 heterocycles. The zero-order valence-electron chi connectivity index (χ0n) is 11.4. The highest BCUT2D eigenvalue weighted by atomic mass is 16.6. The second-order valence-electron chi connectivity index (χ2n) is 3.80. The molecule has 0 fully saturated rings. The van der Waals surface area contributed by atoms with Crippen molar-refractivity contribution in [2.75, 3.05) is 20.8 Å². The Balaban J connectivity index is 2.86.